The summed E-state index contributed by atoms with van der Waals surface area (Å²) in [7, 11) is 0. The SMILES string of the molecule is N#Cc1ccc2oc(-c3ccc(-c4nc(-c5ccccc5)nc(-c5ccccc5)n4)cc3)nc2c1. The van der Waals surface area contributed by atoms with Crippen molar-refractivity contribution in [1.29, 1.82) is 5.26 Å². The van der Waals surface area contributed by atoms with E-state index < -0.39 is 0 Å². The molecule has 35 heavy (non-hydrogen) atoms. The number of oxazole rings is 1. The zero-order valence-corrected chi connectivity index (χ0v) is 18.5. The molecule has 0 amide bonds. The summed E-state index contributed by atoms with van der Waals surface area (Å²) < 4.78 is 5.89. The monoisotopic (exact) mass is 451 g/mol. The highest BCUT2D eigenvalue weighted by atomic mass is 16.3. The third-order valence-corrected chi connectivity index (χ3v) is 5.61. The molecule has 4 aromatic carbocycles. The molecule has 0 bridgehead atoms. The van der Waals surface area contributed by atoms with E-state index in [1.807, 2.05) is 84.9 Å². The highest BCUT2D eigenvalue weighted by molar-refractivity contribution is 5.78. The van der Waals surface area contributed by atoms with E-state index in [0.717, 1.165) is 22.3 Å². The molecule has 2 aromatic heterocycles. The van der Waals surface area contributed by atoms with Crippen molar-refractivity contribution in [3.05, 3.63) is 109 Å². The van der Waals surface area contributed by atoms with E-state index in [1.165, 1.54) is 0 Å². The third-order valence-electron chi connectivity index (χ3n) is 5.61. The van der Waals surface area contributed by atoms with Gasteiger partial charge in [0.1, 0.15) is 5.52 Å². The lowest BCUT2D eigenvalue weighted by atomic mass is 10.1. The van der Waals surface area contributed by atoms with Crippen LogP contribution < -0.4 is 0 Å². The first-order valence-electron chi connectivity index (χ1n) is 11.1. The molecule has 6 rings (SSSR count). The number of hydrogen-bond acceptors (Lipinski definition) is 6. The van der Waals surface area contributed by atoms with Gasteiger partial charge in [-0.15, -0.1) is 0 Å². The molecule has 0 aliphatic carbocycles. The molecule has 0 aliphatic heterocycles. The smallest absolute Gasteiger partial charge is 0.227 e. The Morgan fingerprint density at radius 1 is 0.543 bits per heavy atom. The van der Waals surface area contributed by atoms with Crippen LogP contribution in [-0.2, 0) is 0 Å². The number of rotatable bonds is 4. The number of nitriles is 1. The zero-order chi connectivity index (χ0) is 23.6. The van der Waals surface area contributed by atoms with E-state index in [2.05, 4.69) is 11.1 Å². The van der Waals surface area contributed by atoms with E-state index in [-0.39, 0.29) is 0 Å². The molecular formula is C29H17N5O. The molecule has 0 N–H and O–H groups in total. The van der Waals surface area contributed by atoms with Gasteiger partial charge in [-0.2, -0.15) is 5.26 Å². The van der Waals surface area contributed by atoms with Gasteiger partial charge >= 0.3 is 0 Å². The lowest BCUT2D eigenvalue weighted by molar-refractivity contribution is 0.620. The van der Waals surface area contributed by atoms with Crippen LogP contribution in [0.1, 0.15) is 5.56 Å². The summed E-state index contributed by atoms with van der Waals surface area (Å²) in [5.41, 5.74) is 5.37. The van der Waals surface area contributed by atoms with Crippen molar-refractivity contribution in [2.24, 2.45) is 0 Å². The summed E-state index contributed by atoms with van der Waals surface area (Å²) in [6.45, 7) is 0. The van der Waals surface area contributed by atoms with Gasteiger partial charge < -0.3 is 4.42 Å². The predicted molar refractivity (Wildman–Crippen MR) is 134 cm³/mol. The van der Waals surface area contributed by atoms with Crippen LogP contribution in [0.25, 0.3) is 56.7 Å². The average molecular weight is 451 g/mol. The highest BCUT2D eigenvalue weighted by Crippen LogP contribution is 2.28. The Hall–Kier alpha value is -5.15. The first-order chi connectivity index (χ1) is 17.3. The van der Waals surface area contributed by atoms with Crippen molar-refractivity contribution < 1.29 is 4.42 Å². The molecule has 6 heteroatoms. The zero-order valence-electron chi connectivity index (χ0n) is 18.5. The van der Waals surface area contributed by atoms with Gasteiger partial charge in [-0.05, 0) is 30.3 Å². The van der Waals surface area contributed by atoms with Gasteiger partial charge in [0.2, 0.25) is 5.89 Å². The Bertz CT molecular complexity index is 1630. The molecule has 2 heterocycles. The molecular weight excluding hydrogens is 434 g/mol. The van der Waals surface area contributed by atoms with Crippen LogP contribution in [0.3, 0.4) is 0 Å². The average Bonchev–Trinajstić information content (AvgIpc) is 3.37. The van der Waals surface area contributed by atoms with Gasteiger partial charge in [0.25, 0.3) is 0 Å². The minimum Gasteiger partial charge on any atom is -0.436 e. The van der Waals surface area contributed by atoms with Crippen LogP contribution >= 0.6 is 0 Å². The number of benzene rings is 4. The first-order valence-corrected chi connectivity index (χ1v) is 11.1. The molecule has 0 saturated carbocycles. The summed E-state index contributed by atoms with van der Waals surface area (Å²) >= 11 is 0. The minimum atomic E-state index is 0.493. The van der Waals surface area contributed by atoms with Crippen molar-refractivity contribution in [2.45, 2.75) is 0 Å². The first kappa shape index (κ1) is 20.5. The maximum atomic E-state index is 9.12. The Kier molecular flexibility index (Phi) is 5.06. The standard InChI is InChI=1S/C29H17N5O/c30-18-19-11-16-25-24(17-19)31-29(35-25)23-14-12-22(13-15-23)28-33-26(20-7-3-1-4-8-20)32-27(34-28)21-9-5-2-6-10-21/h1-17H. The molecule has 0 saturated heterocycles. The molecule has 0 radical (unpaired) electrons. The molecule has 6 aromatic rings. The fourth-order valence-corrected chi connectivity index (χ4v) is 3.82. The summed E-state index contributed by atoms with van der Waals surface area (Å²) in [6.07, 6.45) is 0. The quantitative estimate of drug-likeness (QED) is 0.302. The lowest BCUT2D eigenvalue weighted by Gasteiger charge is -2.08. The van der Waals surface area contributed by atoms with Crippen molar-refractivity contribution in [3.8, 4) is 51.7 Å². The molecule has 0 unspecified atom stereocenters. The fourth-order valence-electron chi connectivity index (χ4n) is 3.82. The second kappa shape index (κ2) is 8.65. The molecule has 0 aliphatic rings. The molecule has 0 spiro atoms. The maximum absolute atomic E-state index is 9.12. The molecule has 0 atom stereocenters. The van der Waals surface area contributed by atoms with Gasteiger partial charge in [-0.3, -0.25) is 0 Å². The third kappa shape index (κ3) is 4.03. The molecule has 6 nitrogen and oxygen atoms in total. The van der Waals surface area contributed by atoms with Crippen molar-refractivity contribution >= 4 is 11.1 Å². The number of aromatic nitrogens is 4. The van der Waals surface area contributed by atoms with Crippen molar-refractivity contribution in [3.63, 3.8) is 0 Å². The fraction of sp³-hybridized carbons (Fsp3) is 0. The Morgan fingerprint density at radius 2 is 1.06 bits per heavy atom. The summed E-state index contributed by atoms with van der Waals surface area (Å²) in [5.74, 6) is 2.31. The van der Waals surface area contributed by atoms with E-state index in [1.54, 1.807) is 18.2 Å². The highest BCUT2D eigenvalue weighted by Gasteiger charge is 2.13. The van der Waals surface area contributed by atoms with Gasteiger partial charge in [-0.1, -0.05) is 72.8 Å². The lowest BCUT2D eigenvalue weighted by Crippen LogP contribution is -2.00. The minimum absolute atomic E-state index is 0.493. The molecule has 0 fully saturated rings. The Labute approximate surface area is 201 Å². The van der Waals surface area contributed by atoms with Crippen LogP contribution in [0.2, 0.25) is 0 Å². The van der Waals surface area contributed by atoms with Crippen LogP contribution in [0, 0.1) is 11.3 Å². The second-order valence-electron chi connectivity index (χ2n) is 7.93. The van der Waals surface area contributed by atoms with Crippen LogP contribution in [0.15, 0.2) is 108 Å². The summed E-state index contributed by atoms with van der Waals surface area (Å²) in [5, 5.41) is 9.12. The van der Waals surface area contributed by atoms with E-state index in [0.29, 0.717) is 40.0 Å². The largest absolute Gasteiger partial charge is 0.436 e. The number of fused-ring (bicyclic) bond motifs is 1. The van der Waals surface area contributed by atoms with Gasteiger partial charge in [0, 0.05) is 22.3 Å². The van der Waals surface area contributed by atoms with Gasteiger partial charge in [0.15, 0.2) is 23.1 Å². The van der Waals surface area contributed by atoms with E-state index in [9.17, 15) is 0 Å². The summed E-state index contributed by atoms with van der Waals surface area (Å²) in [6, 6.07) is 34.8. The summed E-state index contributed by atoms with van der Waals surface area (Å²) in [4.78, 5) is 18.8. The van der Waals surface area contributed by atoms with Crippen LogP contribution in [0.5, 0.6) is 0 Å². The van der Waals surface area contributed by atoms with Gasteiger partial charge in [0.05, 0.1) is 11.6 Å². The van der Waals surface area contributed by atoms with Crippen LogP contribution in [-0.4, -0.2) is 19.9 Å². The van der Waals surface area contributed by atoms with E-state index >= 15 is 0 Å². The van der Waals surface area contributed by atoms with Crippen molar-refractivity contribution in [1.82, 2.24) is 19.9 Å². The second-order valence-corrected chi connectivity index (χ2v) is 7.93. The van der Waals surface area contributed by atoms with Crippen LogP contribution in [0.4, 0.5) is 0 Å². The topological polar surface area (TPSA) is 88.5 Å². The van der Waals surface area contributed by atoms with Gasteiger partial charge in [-0.25, -0.2) is 19.9 Å². The Morgan fingerprint density at radius 3 is 1.60 bits per heavy atom. The van der Waals surface area contributed by atoms with E-state index in [4.69, 9.17) is 24.6 Å². The number of hydrogen-bond donors (Lipinski definition) is 0. The number of nitrogens with zero attached hydrogens (tertiary/aromatic N) is 5. The maximum Gasteiger partial charge on any atom is 0.227 e. The predicted octanol–water partition coefficient (Wildman–Crippen LogP) is 6.55. The Balaban J connectivity index is 1.41. The normalized spacial score (nSPS) is 10.8. The molecule has 164 valence electrons. The van der Waals surface area contributed by atoms with Crippen molar-refractivity contribution in [2.75, 3.05) is 0 Å².